The molecule has 0 spiro atoms. The molecular weight excluding hydrogens is 224 g/mol. The molecule has 0 aromatic heterocycles. The number of ether oxygens (including phenoxy) is 1. The van der Waals surface area contributed by atoms with E-state index in [1.165, 1.54) is 51.6 Å². The molecular formula is C15H28N2O. The van der Waals surface area contributed by atoms with E-state index in [0.717, 1.165) is 38.1 Å². The molecule has 104 valence electrons. The van der Waals surface area contributed by atoms with E-state index in [4.69, 9.17) is 10.5 Å². The van der Waals surface area contributed by atoms with Gasteiger partial charge in [0.05, 0.1) is 6.61 Å². The van der Waals surface area contributed by atoms with Crippen molar-refractivity contribution in [2.75, 3.05) is 32.8 Å². The lowest BCUT2D eigenvalue weighted by Gasteiger charge is -2.36. The van der Waals surface area contributed by atoms with Gasteiger partial charge in [-0.2, -0.15) is 0 Å². The molecule has 2 saturated heterocycles. The highest BCUT2D eigenvalue weighted by Gasteiger charge is 2.40. The molecule has 3 nitrogen and oxygen atoms in total. The fourth-order valence-electron chi connectivity index (χ4n) is 4.35. The Morgan fingerprint density at radius 2 is 2.00 bits per heavy atom. The van der Waals surface area contributed by atoms with Gasteiger partial charge in [0.1, 0.15) is 0 Å². The van der Waals surface area contributed by atoms with Crippen molar-refractivity contribution in [2.24, 2.45) is 17.1 Å². The van der Waals surface area contributed by atoms with Gasteiger partial charge in [-0.25, -0.2) is 0 Å². The van der Waals surface area contributed by atoms with Gasteiger partial charge in [0, 0.05) is 31.2 Å². The van der Waals surface area contributed by atoms with E-state index in [0.29, 0.717) is 0 Å². The highest BCUT2D eigenvalue weighted by atomic mass is 16.5. The third kappa shape index (κ3) is 2.45. The van der Waals surface area contributed by atoms with Crippen molar-refractivity contribution in [1.29, 1.82) is 0 Å². The summed E-state index contributed by atoms with van der Waals surface area (Å²) in [6, 6.07) is 0.858. The molecule has 2 atom stereocenters. The molecule has 0 aromatic carbocycles. The van der Waals surface area contributed by atoms with Crippen LogP contribution in [0.3, 0.4) is 0 Å². The molecule has 2 unspecified atom stereocenters. The maximum absolute atomic E-state index is 6.04. The molecule has 0 bridgehead atoms. The average molecular weight is 252 g/mol. The van der Waals surface area contributed by atoms with Gasteiger partial charge in [-0.05, 0) is 44.6 Å². The van der Waals surface area contributed by atoms with Gasteiger partial charge in [-0.1, -0.05) is 12.8 Å². The van der Waals surface area contributed by atoms with E-state index in [-0.39, 0.29) is 5.41 Å². The molecule has 3 heteroatoms. The van der Waals surface area contributed by atoms with Crippen molar-refractivity contribution >= 4 is 0 Å². The highest BCUT2D eigenvalue weighted by Crippen LogP contribution is 2.38. The Labute approximate surface area is 111 Å². The predicted octanol–water partition coefficient (Wildman–Crippen LogP) is 2.01. The molecule has 18 heavy (non-hydrogen) atoms. The van der Waals surface area contributed by atoms with Gasteiger partial charge in [0.15, 0.2) is 0 Å². The fraction of sp³-hybridized carbons (Fsp3) is 1.00. The Kier molecular flexibility index (Phi) is 3.92. The van der Waals surface area contributed by atoms with Gasteiger partial charge in [0.2, 0.25) is 0 Å². The second-order valence-electron chi connectivity index (χ2n) is 6.73. The SMILES string of the molecule is NCC1(CN2CCCC2C2CCCC2)CCOC1. The van der Waals surface area contributed by atoms with Crippen LogP contribution in [0, 0.1) is 11.3 Å². The standard InChI is InChI=1S/C15H28N2O/c16-10-15(7-9-18-12-15)11-17-8-3-6-14(17)13-4-1-2-5-13/h13-14H,1-12,16H2. The number of hydrogen-bond donors (Lipinski definition) is 1. The van der Waals surface area contributed by atoms with E-state index >= 15 is 0 Å². The van der Waals surface area contributed by atoms with Crippen molar-refractivity contribution in [3.63, 3.8) is 0 Å². The molecule has 0 amide bonds. The van der Waals surface area contributed by atoms with Crippen LogP contribution in [-0.4, -0.2) is 43.8 Å². The van der Waals surface area contributed by atoms with E-state index in [1.54, 1.807) is 0 Å². The molecule has 1 aliphatic carbocycles. The summed E-state index contributed by atoms with van der Waals surface area (Å²) in [5.74, 6) is 0.977. The summed E-state index contributed by atoms with van der Waals surface area (Å²) in [6.45, 7) is 5.07. The van der Waals surface area contributed by atoms with Crippen LogP contribution in [0.5, 0.6) is 0 Å². The van der Waals surface area contributed by atoms with Crippen LogP contribution in [0.2, 0.25) is 0 Å². The minimum absolute atomic E-state index is 0.265. The van der Waals surface area contributed by atoms with E-state index in [2.05, 4.69) is 4.90 Å². The second-order valence-corrected chi connectivity index (χ2v) is 6.73. The first-order chi connectivity index (χ1) is 8.83. The summed E-state index contributed by atoms with van der Waals surface area (Å²) < 4.78 is 5.62. The first-order valence-electron chi connectivity index (χ1n) is 7.85. The van der Waals surface area contributed by atoms with Crippen LogP contribution in [0.4, 0.5) is 0 Å². The third-order valence-electron chi connectivity index (χ3n) is 5.51. The maximum atomic E-state index is 6.04. The normalized spacial score (nSPS) is 38.8. The number of nitrogens with zero attached hydrogens (tertiary/aromatic N) is 1. The largest absolute Gasteiger partial charge is 0.381 e. The lowest BCUT2D eigenvalue weighted by atomic mass is 9.85. The van der Waals surface area contributed by atoms with Gasteiger partial charge < -0.3 is 10.5 Å². The smallest absolute Gasteiger partial charge is 0.0547 e. The summed E-state index contributed by atoms with van der Waals surface area (Å²) >= 11 is 0. The Bertz CT molecular complexity index is 270. The lowest BCUT2D eigenvalue weighted by Crippen LogP contribution is -2.46. The van der Waals surface area contributed by atoms with E-state index < -0.39 is 0 Å². The minimum Gasteiger partial charge on any atom is -0.381 e. The summed E-state index contributed by atoms with van der Waals surface area (Å²) in [5.41, 5.74) is 6.30. The zero-order valence-corrected chi connectivity index (χ0v) is 11.6. The molecule has 0 aromatic rings. The summed E-state index contributed by atoms with van der Waals surface area (Å²) in [5, 5.41) is 0. The Morgan fingerprint density at radius 3 is 2.67 bits per heavy atom. The van der Waals surface area contributed by atoms with Gasteiger partial charge in [-0.15, -0.1) is 0 Å². The Morgan fingerprint density at radius 1 is 1.17 bits per heavy atom. The molecule has 2 aliphatic heterocycles. The van der Waals surface area contributed by atoms with Crippen LogP contribution < -0.4 is 5.73 Å². The zero-order valence-electron chi connectivity index (χ0n) is 11.6. The van der Waals surface area contributed by atoms with Crippen molar-refractivity contribution in [2.45, 2.75) is 51.0 Å². The molecule has 3 rings (SSSR count). The zero-order chi connectivity index (χ0) is 12.4. The Hall–Kier alpha value is -0.120. The summed E-state index contributed by atoms with van der Waals surface area (Å²) in [4.78, 5) is 2.76. The number of likely N-dealkylation sites (tertiary alicyclic amines) is 1. The number of nitrogens with two attached hydrogens (primary N) is 1. The quantitative estimate of drug-likeness (QED) is 0.832. The molecule has 2 heterocycles. The monoisotopic (exact) mass is 252 g/mol. The Balaban J connectivity index is 1.63. The van der Waals surface area contributed by atoms with Crippen molar-refractivity contribution in [3.05, 3.63) is 0 Å². The van der Waals surface area contributed by atoms with Gasteiger partial charge >= 0.3 is 0 Å². The maximum Gasteiger partial charge on any atom is 0.0547 e. The molecule has 0 radical (unpaired) electrons. The third-order valence-corrected chi connectivity index (χ3v) is 5.51. The molecule has 2 N–H and O–H groups in total. The summed E-state index contributed by atoms with van der Waals surface area (Å²) in [6.07, 6.45) is 9.83. The summed E-state index contributed by atoms with van der Waals surface area (Å²) in [7, 11) is 0. The van der Waals surface area contributed by atoms with Crippen LogP contribution in [0.1, 0.15) is 44.9 Å². The minimum atomic E-state index is 0.265. The number of hydrogen-bond acceptors (Lipinski definition) is 3. The van der Waals surface area contributed by atoms with Crippen LogP contribution >= 0.6 is 0 Å². The van der Waals surface area contributed by atoms with Crippen LogP contribution in [0.15, 0.2) is 0 Å². The van der Waals surface area contributed by atoms with E-state index in [9.17, 15) is 0 Å². The number of rotatable bonds is 4. The van der Waals surface area contributed by atoms with Crippen molar-refractivity contribution in [1.82, 2.24) is 4.90 Å². The lowest BCUT2D eigenvalue weighted by molar-refractivity contribution is 0.0927. The fourth-order valence-corrected chi connectivity index (χ4v) is 4.35. The first-order valence-corrected chi connectivity index (χ1v) is 7.85. The topological polar surface area (TPSA) is 38.5 Å². The van der Waals surface area contributed by atoms with Crippen molar-refractivity contribution < 1.29 is 4.74 Å². The van der Waals surface area contributed by atoms with E-state index in [1.807, 2.05) is 0 Å². The van der Waals surface area contributed by atoms with Crippen molar-refractivity contribution in [3.8, 4) is 0 Å². The van der Waals surface area contributed by atoms with Crippen LogP contribution in [-0.2, 0) is 4.74 Å². The second kappa shape index (κ2) is 5.48. The average Bonchev–Trinajstić information content (AvgIpc) is 3.10. The van der Waals surface area contributed by atoms with Crippen LogP contribution in [0.25, 0.3) is 0 Å². The van der Waals surface area contributed by atoms with Gasteiger partial charge in [0.25, 0.3) is 0 Å². The first kappa shape index (κ1) is 12.9. The molecule has 1 saturated carbocycles. The highest BCUT2D eigenvalue weighted by molar-refractivity contribution is 4.94. The molecule has 3 fully saturated rings. The predicted molar refractivity (Wildman–Crippen MR) is 73.5 cm³/mol. The molecule has 3 aliphatic rings. The van der Waals surface area contributed by atoms with Gasteiger partial charge in [-0.3, -0.25) is 4.90 Å².